The van der Waals surface area contributed by atoms with E-state index in [0.29, 0.717) is 10.0 Å². The van der Waals surface area contributed by atoms with Crippen molar-refractivity contribution >= 4 is 27.2 Å². The van der Waals surface area contributed by atoms with E-state index in [0.717, 1.165) is 12.1 Å². The van der Waals surface area contributed by atoms with Gasteiger partial charge in [0.15, 0.2) is 0 Å². The summed E-state index contributed by atoms with van der Waals surface area (Å²) >= 11 is 3.09. The van der Waals surface area contributed by atoms with Crippen LogP contribution in [-0.4, -0.2) is 20.6 Å². The number of hydrogen-bond donors (Lipinski definition) is 2. The lowest BCUT2D eigenvalue weighted by Crippen LogP contribution is -2.07. The summed E-state index contributed by atoms with van der Waals surface area (Å²) in [4.78, 5) is 0. The van der Waals surface area contributed by atoms with Gasteiger partial charge in [-0.1, -0.05) is 15.9 Å². The molecule has 0 aliphatic rings. The molecule has 0 unspecified atom stereocenters. The fourth-order valence-corrected chi connectivity index (χ4v) is 2.03. The molecule has 0 aliphatic heterocycles. The number of nitriles is 1. The average molecular weight is 373 g/mol. The largest absolute Gasteiger partial charge is 0.416 e. The van der Waals surface area contributed by atoms with Gasteiger partial charge in [0, 0.05) is 16.4 Å². The minimum Gasteiger partial charge on any atom is -0.360 e. The quantitative estimate of drug-likeness (QED) is 0.806. The van der Waals surface area contributed by atoms with E-state index in [9.17, 15) is 13.2 Å². The summed E-state index contributed by atoms with van der Waals surface area (Å²) in [6.45, 7) is 1.64. The number of aromatic amines is 1. The molecule has 0 amide bonds. The summed E-state index contributed by atoms with van der Waals surface area (Å²) in [5, 5.41) is 24.4. The van der Waals surface area contributed by atoms with Crippen LogP contribution in [0.3, 0.4) is 0 Å². The van der Waals surface area contributed by atoms with E-state index in [-0.39, 0.29) is 17.1 Å². The van der Waals surface area contributed by atoms with Gasteiger partial charge in [0.1, 0.15) is 11.6 Å². The average Bonchev–Trinajstić information content (AvgIpc) is 2.96. The van der Waals surface area contributed by atoms with Crippen LogP contribution in [0.1, 0.15) is 17.0 Å². The summed E-state index contributed by atoms with van der Waals surface area (Å²) in [6.07, 6.45) is -3.25. The minimum absolute atomic E-state index is 0.0293. The third-order valence-electron chi connectivity index (χ3n) is 2.75. The lowest BCUT2D eigenvalue weighted by molar-refractivity contribution is -0.137. The number of benzene rings is 1. The number of tetrazole rings is 1. The molecule has 0 aliphatic carbocycles. The standard InChI is InChI=1S/C12H8BrF3N6/c1-6-9(13)2-8(12(14,15)16)3-10(6)18-5-7(4-17)11-19-21-22-20-11/h2-3,5,18H,1H3,(H,19,20,21,22). The second-order valence-electron chi connectivity index (χ2n) is 4.18. The molecule has 0 bridgehead atoms. The van der Waals surface area contributed by atoms with Crippen LogP contribution in [0.4, 0.5) is 18.9 Å². The van der Waals surface area contributed by atoms with Crippen molar-refractivity contribution in [1.82, 2.24) is 20.6 Å². The molecular formula is C12H8BrF3N6. The fraction of sp³-hybridized carbons (Fsp3) is 0.167. The number of hydrogen-bond acceptors (Lipinski definition) is 5. The van der Waals surface area contributed by atoms with Gasteiger partial charge in [-0.05, 0) is 29.8 Å². The van der Waals surface area contributed by atoms with Gasteiger partial charge in [0.05, 0.1) is 5.56 Å². The Hall–Kier alpha value is -2.41. The van der Waals surface area contributed by atoms with Gasteiger partial charge < -0.3 is 5.32 Å². The number of allylic oxidation sites excluding steroid dienone is 1. The third-order valence-corrected chi connectivity index (χ3v) is 3.57. The van der Waals surface area contributed by atoms with E-state index < -0.39 is 11.7 Å². The number of alkyl halides is 3. The maximum Gasteiger partial charge on any atom is 0.416 e. The smallest absolute Gasteiger partial charge is 0.360 e. The van der Waals surface area contributed by atoms with Gasteiger partial charge in [0.2, 0.25) is 5.82 Å². The maximum atomic E-state index is 12.8. The molecule has 2 N–H and O–H groups in total. The zero-order valence-electron chi connectivity index (χ0n) is 11.0. The predicted molar refractivity (Wildman–Crippen MR) is 75.3 cm³/mol. The van der Waals surface area contributed by atoms with Gasteiger partial charge in [0.25, 0.3) is 0 Å². The first kappa shape index (κ1) is 16.0. The topological polar surface area (TPSA) is 90.3 Å². The first-order chi connectivity index (χ1) is 10.3. The molecule has 6 nitrogen and oxygen atoms in total. The van der Waals surface area contributed by atoms with E-state index in [1.165, 1.54) is 6.20 Å². The van der Waals surface area contributed by atoms with Crippen LogP contribution in [0.5, 0.6) is 0 Å². The van der Waals surface area contributed by atoms with Crippen molar-refractivity contribution in [2.75, 3.05) is 5.32 Å². The van der Waals surface area contributed by atoms with E-state index >= 15 is 0 Å². The Morgan fingerprint density at radius 2 is 2.18 bits per heavy atom. The summed E-state index contributed by atoms with van der Waals surface area (Å²) in [5.41, 5.74) is -0.00627. The lowest BCUT2D eigenvalue weighted by atomic mass is 10.1. The first-order valence-electron chi connectivity index (χ1n) is 5.81. The number of aromatic nitrogens is 4. The molecule has 1 heterocycles. The zero-order chi connectivity index (χ0) is 16.3. The Balaban J connectivity index is 2.37. The number of rotatable bonds is 3. The second kappa shape index (κ2) is 6.15. The molecular weight excluding hydrogens is 365 g/mol. The number of H-pyrrole nitrogens is 1. The summed E-state index contributed by atoms with van der Waals surface area (Å²) in [5.74, 6) is 0.0405. The summed E-state index contributed by atoms with van der Waals surface area (Å²) in [6, 6.07) is 3.79. The van der Waals surface area contributed by atoms with Crippen molar-refractivity contribution in [3.8, 4) is 6.07 Å². The zero-order valence-corrected chi connectivity index (χ0v) is 12.6. The van der Waals surface area contributed by atoms with E-state index in [1.807, 2.05) is 6.07 Å². The van der Waals surface area contributed by atoms with Crippen molar-refractivity contribution in [2.45, 2.75) is 13.1 Å². The maximum absolute atomic E-state index is 12.8. The van der Waals surface area contributed by atoms with Crippen LogP contribution in [0.25, 0.3) is 5.57 Å². The molecule has 1 aromatic heterocycles. The first-order valence-corrected chi connectivity index (χ1v) is 6.60. The van der Waals surface area contributed by atoms with E-state index in [1.54, 1.807) is 6.92 Å². The number of halogens is 4. The van der Waals surface area contributed by atoms with E-state index in [4.69, 9.17) is 5.26 Å². The van der Waals surface area contributed by atoms with Crippen molar-refractivity contribution in [1.29, 1.82) is 5.26 Å². The number of nitrogens with one attached hydrogen (secondary N) is 2. The highest BCUT2D eigenvalue weighted by Crippen LogP contribution is 2.35. The lowest BCUT2D eigenvalue weighted by Gasteiger charge is -2.13. The van der Waals surface area contributed by atoms with Crippen LogP contribution in [0.15, 0.2) is 22.8 Å². The SMILES string of the molecule is Cc1c(Br)cc(C(F)(F)F)cc1NC=C(C#N)c1nn[nH]n1. The van der Waals surface area contributed by atoms with Crippen molar-refractivity contribution < 1.29 is 13.2 Å². The highest BCUT2D eigenvalue weighted by Gasteiger charge is 2.31. The molecule has 1 aromatic carbocycles. The Kier molecular flexibility index (Phi) is 4.46. The predicted octanol–water partition coefficient (Wildman–Crippen LogP) is 3.27. The normalized spacial score (nSPS) is 12.1. The molecule has 2 aromatic rings. The Morgan fingerprint density at radius 1 is 1.45 bits per heavy atom. The van der Waals surface area contributed by atoms with Crippen LogP contribution >= 0.6 is 15.9 Å². The molecule has 10 heteroatoms. The molecule has 2 rings (SSSR count). The van der Waals surface area contributed by atoms with Gasteiger partial charge >= 0.3 is 6.18 Å². The molecule has 0 radical (unpaired) electrons. The number of nitrogens with zero attached hydrogens (tertiary/aromatic N) is 4. The second-order valence-corrected chi connectivity index (χ2v) is 5.03. The molecule has 0 saturated heterocycles. The van der Waals surface area contributed by atoms with E-state index in [2.05, 4.69) is 41.9 Å². The molecule has 0 fully saturated rings. The van der Waals surface area contributed by atoms with Gasteiger partial charge in [-0.3, -0.25) is 0 Å². The Bertz CT molecular complexity index is 745. The molecule has 0 spiro atoms. The molecule has 22 heavy (non-hydrogen) atoms. The monoisotopic (exact) mass is 372 g/mol. The Morgan fingerprint density at radius 3 is 2.73 bits per heavy atom. The summed E-state index contributed by atoms with van der Waals surface area (Å²) in [7, 11) is 0. The highest BCUT2D eigenvalue weighted by atomic mass is 79.9. The summed E-state index contributed by atoms with van der Waals surface area (Å²) < 4.78 is 38.8. The van der Waals surface area contributed by atoms with Crippen LogP contribution < -0.4 is 5.32 Å². The Labute approximate surface area is 131 Å². The van der Waals surface area contributed by atoms with Crippen LogP contribution in [0.2, 0.25) is 0 Å². The van der Waals surface area contributed by atoms with Crippen LogP contribution in [0, 0.1) is 18.3 Å². The fourth-order valence-electron chi connectivity index (χ4n) is 1.57. The van der Waals surface area contributed by atoms with Gasteiger partial charge in [-0.25, -0.2) is 0 Å². The molecule has 0 saturated carbocycles. The van der Waals surface area contributed by atoms with Crippen LogP contribution in [-0.2, 0) is 6.18 Å². The van der Waals surface area contributed by atoms with Gasteiger partial charge in [-0.2, -0.15) is 23.6 Å². The highest BCUT2D eigenvalue weighted by molar-refractivity contribution is 9.10. The third kappa shape index (κ3) is 3.43. The van der Waals surface area contributed by atoms with Gasteiger partial charge in [-0.15, -0.1) is 10.2 Å². The molecule has 114 valence electrons. The van der Waals surface area contributed by atoms with Crippen molar-refractivity contribution in [3.63, 3.8) is 0 Å². The van der Waals surface area contributed by atoms with Crippen molar-refractivity contribution in [3.05, 3.63) is 39.8 Å². The number of anilines is 1. The van der Waals surface area contributed by atoms with Crippen molar-refractivity contribution in [2.24, 2.45) is 0 Å². The molecule has 0 atom stereocenters. The minimum atomic E-state index is -4.47.